The van der Waals surface area contributed by atoms with Gasteiger partial charge in [0.05, 0.1) is 29.6 Å². The number of benzene rings is 2. The predicted molar refractivity (Wildman–Crippen MR) is 144 cm³/mol. The van der Waals surface area contributed by atoms with Crippen molar-refractivity contribution in [2.45, 2.75) is 32.7 Å². The van der Waals surface area contributed by atoms with E-state index in [0.29, 0.717) is 22.6 Å². The molecule has 7 nitrogen and oxygen atoms in total. The summed E-state index contributed by atoms with van der Waals surface area (Å²) in [7, 11) is 0. The molecule has 0 spiro atoms. The number of nitrogens with one attached hydrogen (secondary N) is 1. The molecule has 1 N–H and O–H groups in total. The molecule has 0 radical (unpaired) electrons. The molecule has 0 saturated carbocycles. The van der Waals surface area contributed by atoms with E-state index < -0.39 is 5.91 Å². The van der Waals surface area contributed by atoms with Crippen molar-refractivity contribution in [2.24, 2.45) is 0 Å². The van der Waals surface area contributed by atoms with Crippen LogP contribution in [0, 0.1) is 11.3 Å². The quantitative estimate of drug-likeness (QED) is 0.325. The van der Waals surface area contributed by atoms with Crippen LogP contribution < -0.4 is 24.8 Å². The van der Waals surface area contributed by atoms with Gasteiger partial charge in [0.2, 0.25) is 0 Å². The predicted octanol–water partition coefficient (Wildman–Crippen LogP) is 3.88. The number of ether oxygens (including phenoxy) is 1. The Labute approximate surface area is 218 Å². The van der Waals surface area contributed by atoms with Crippen LogP contribution in [0.4, 0.5) is 0 Å². The fraction of sp³-hybridized carbons (Fsp3) is 0.207. The summed E-state index contributed by atoms with van der Waals surface area (Å²) >= 11 is 1.10. The summed E-state index contributed by atoms with van der Waals surface area (Å²) in [5.41, 5.74) is 0.929. The summed E-state index contributed by atoms with van der Waals surface area (Å²) in [5, 5.41) is 12.6. The van der Waals surface area contributed by atoms with Crippen molar-refractivity contribution in [3.63, 3.8) is 0 Å². The molecule has 0 atom stereocenters. The summed E-state index contributed by atoms with van der Waals surface area (Å²) in [6, 6.07) is 21.9. The number of hydrogen-bond acceptors (Lipinski definition) is 6. The Morgan fingerprint density at radius 1 is 1.11 bits per heavy atom. The Kier molecular flexibility index (Phi) is 8.74. The maximum atomic E-state index is 13.5. The van der Waals surface area contributed by atoms with E-state index in [-0.39, 0.29) is 22.3 Å². The SMILES string of the molecule is CCCCCOc1ccc(/C=c2\s/c(=C(\C#N)C(=O)NCc3ccco3)n(-c3ccccc3)c2=O)cc1. The number of nitriles is 1. The number of thiazole rings is 1. The minimum absolute atomic E-state index is 0.129. The van der Waals surface area contributed by atoms with Crippen molar-refractivity contribution < 1.29 is 13.9 Å². The number of aromatic nitrogens is 1. The van der Waals surface area contributed by atoms with Crippen molar-refractivity contribution >= 4 is 28.9 Å². The Morgan fingerprint density at radius 3 is 2.57 bits per heavy atom. The number of hydrogen-bond donors (Lipinski definition) is 1. The van der Waals surface area contributed by atoms with Gasteiger partial charge in [0.25, 0.3) is 11.5 Å². The molecule has 8 heteroatoms. The molecule has 4 rings (SSSR count). The lowest BCUT2D eigenvalue weighted by atomic mass is 10.2. The second-order valence-electron chi connectivity index (χ2n) is 8.27. The number of carbonyl (C=O) groups excluding carboxylic acids is 1. The number of unbranched alkanes of at least 4 members (excludes halogenated alkanes) is 2. The lowest BCUT2D eigenvalue weighted by Gasteiger charge is -2.05. The maximum absolute atomic E-state index is 13.5. The number of nitrogens with zero attached hydrogens (tertiary/aromatic N) is 2. The fourth-order valence-electron chi connectivity index (χ4n) is 3.68. The summed E-state index contributed by atoms with van der Waals surface area (Å²) in [6.45, 7) is 2.95. The average Bonchev–Trinajstić information content (AvgIpc) is 3.55. The van der Waals surface area contributed by atoms with Crippen LogP contribution in [0.1, 0.15) is 37.5 Å². The molecule has 0 saturated heterocycles. The maximum Gasteiger partial charge on any atom is 0.273 e. The Bertz CT molecular complexity index is 1540. The van der Waals surface area contributed by atoms with E-state index in [9.17, 15) is 14.9 Å². The van der Waals surface area contributed by atoms with Crippen LogP contribution in [0.3, 0.4) is 0 Å². The highest BCUT2D eigenvalue weighted by Gasteiger charge is 2.17. The van der Waals surface area contributed by atoms with Crippen LogP contribution in [0.5, 0.6) is 5.75 Å². The first kappa shape index (κ1) is 25.7. The van der Waals surface area contributed by atoms with E-state index in [1.54, 1.807) is 42.5 Å². The molecule has 0 aliphatic heterocycles. The third-order valence-electron chi connectivity index (χ3n) is 5.59. The third kappa shape index (κ3) is 6.46. The van der Waals surface area contributed by atoms with Gasteiger partial charge >= 0.3 is 0 Å². The molecule has 0 aliphatic rings. The monoisotopic (exact) mass is 513 g/mol. The first-order valence-corrected chi connectivity index (χ1v) is 12.9. The van der Waals surface area contributed by atoms with Crippen molar-refractivity contribution in [2.75, 3.05) is 6.61 Å². The first-order chi connectivity index (χ1) is 18.1. The summed E-state index contributed by atoms with van der Waals surface area (Å²) in [4.78, 5) is 26.5. The molecular weight excluding hydrogens is 486 g/mol. The molecule has 2 aromatic carbocycles. The summed E-state index contributed by atoms with van der Waals surface area (Å²) < 4.78 is 13.1. The van der Waals surface area contributed by atoms with Crippen LogP contribution >= 0.6 is 11.3 Å². The smallest absolute Gasteiger partial charge is 0.273 e. The van der Waals surface area contributed by atoms with Gasteiger partial charge in [-0.15, -0.1) is 11.3 Å². The van der Waals surface area contributed by atoms with E-state index in [1.165, 1.54) is 10.8 Å². The van der Waals surface area contributed by atoms with Crippen LogP contribution in [-0.2, 0) is 11.3 Å². The largest absolute Gasteiger partial charge is 0.494 e. The fourth-order valence-corrected chi connectivity index (χ4v) is 4.78. The van der Waals surface area contributed by atoms with Gasteiger partial charge in [-0.2, -0.15) is 5.26 Å². The highest BCUT2D eigenvalue weighted by molar-refractivity contribution is 7.07. The molecule has 0 unspecified atom stereocenters. The molecule has 2 aromatic heterocycles. The topological polar surface area (TPSA) is 97.3 Å². The van der Waals surface area contributed by atoms with Crippen LogP contribution in [0.2, 0.25) is 0 Å². The lowest BCUT2D eigenvalue weighted by molar-refractivity contribution is -0.115. The van der Waals surface area contributed by atoms with Gasteiger partial charge in [-0.1, -0.05) is 50.1 Å². The molecular formula is C29H27N3O4S. The number of para-hydroxylation sites is 1. The highest BCUT2D eigenvalue weighted by Crippen LogP contribution is 2.13. The van der Waals surface area contributed by atoms with E-state index in [0.717, 1.165) is 41.9 Å². The number of furan rings is 1. The van der Waals surface area contributed by atoms with Crippen molar-refractivity contribution in [3.8, 4) is 17.5 Å². The Balaban J connectivity index is 1.73. The zero-order chi connectivity index (χ0) is 26.0. The van der Waals surface area contributed by atoms with E-state index in [1.807, 2.05) is 36.4 Å². The van der Waals surface area contributed by atoms with Gasteiger partial charge in [-0.25, -0.2) is 0 Å². The van der Waals surface area contributed by atoms with Gasteiger partial charge < -0.3 is 14.5 Å². The molecule has 1 amide bonds. The van der Waals surface area contributed by atoms with Crippen LogP contribution in [-0.4, -0.2) is 17.1 Å². The molecule has 0 aliphatic carbocycles. The van der Waals surface area contributed by atoms with E-state index in [4.69, 9.17) is 9.15 Å². The average molecular weight is 514 g/mol. The van der Waals surface area contributed by atoms with Gasteiger partial charge in [-0.3, -0.25) is 14.2 Å². The summed E-state index contributed by atoms with van der Waals surface area (Å²) in [5.74, 6) is 0.750. The van der Waals surface area contributed by atoms with E-state index >= 15 is 0 Å². The van der Waals surface area contributed by atoms with Gasteiger partial charge in [0.1, 0.15) is 22.2 Å². The number of carbonyl (C=O) groups is 1. The molecule has 2 heterocycles. The van der Waals surface area contributed by atoms with Crippen molar-refractivity contribution in [1.82, 2.24) is 9.88 Å². The minimum atomic E-state index is -0.582. The van der Waals surface area contributed by atoms with Crippen LogP contribution in [0.15, 0.2) is 82.2 Å². The van der Waals surface area contributed by atoms with Gasteiger partial charge in [0.15, 0.2) is 5.57 Å². The van der Waals surface area contributed by atoms with Crippen LogP contribution in [0.25, 0.3) is 17.3 Å². The molecule has 0 bridgehead atoms. The zero-order valence-corrected chi connectivity index (χ0v) is 21.3. The standard InChI is InChI=1S/C29H27N3O4S/c1-2-3-7-16-35-23-14-12-21(13-15-23)18-26-28(34)32(22-9-5-4-6-10-22)29(37-26)25(19-30)27(33)31-20-24-11-8-17-36-24/h4-6,8-15,17-18H,2-3,7,16,20H2,1H3,(H,31,33)/b26-18-,29-25+. The van der Waals surface area contributed by atoms with Crippen molar-refractivity contribution in [1.29, 1.82) is 5.26 Å². The Hall–Kier alpha value is -4.35. The highest BCUT2D eigenvalue weighted by atomic mass is 32.1. The third-order valence-corrected chi connectivity index (χ3v) is 6.68. The second kappa shape index (κ2) is 12.6. The second-order valence-corrected chi connectivity index (χ2v) is 9.30. The number of amides is 1. The zero-order valence-electron chi connectivity index (χ0n) is 20.5. The molecule has 0 fully saturated rings. The lowest BCUT2D eigenvalue weighted by Crippen LogP contribution is -2.33. The minimum Gasteiger partial charge on any atom is -0.494 e. The molecule has 188 valence electrons. The molecule has 4 aromatic rings. The van der Waals surface area contributed by atoms with Gasteiger partial charge in [0, 0.05) is 0 Å². The van der Waals surface area contributed by atoms with Crippen molar-refractivity contribution in [3.05, 3.63) is 104 Å². The normalized spacial score (nSPS) is 12.2. The van der Waals surface area contributed by atoms with E-state index in [2.05, 4.69) is 12.2 Å². The molecule has 37 heavy (non-hydrogen) atoms. The number of rotatable bonds is 10. The Morgan fingerprint density at radius 2 is 1.89 bits per heavy atom. The first-order valence-electron chi connectivity index (χ1n) is 12.1. The summed E-state index contributed by atoms with van der Waals surface area (Å²) in [6.07, 6.45) is 6.54. The van der Waals surface area contributed by atoms with Gasteiger partial charge in [-0.05, 0) is 54.5 Å².